The SMILES string of the molecule is CC(C)(CCCCNc1ccc(Br)c(F)c1)/C(N)=N/O. The fourth-order valence-electron chi connectivity index (χ4n) is 1.79. The van der Waals surface area contributed by atoms with Crippen LogP contribution in [-0.4, -0.2) is 17.6 Å². The quantitative estimate of drug-likeness (QED) is 0.230. The highest BCUT2D eigenvalue weighted by molar-refractivity contribution is 9.10. The summed E-state index contributed by atoms with van der Waals surface area (Å²) in [5.74, 6) is -0.0245. The Labute approximate surface area is 127 Å². The zero-order chi connectivity index (χ0) is 15.2. The first-order valence-electron chi connectivity index (χ1n) is 6.54. The van der Waals surface area contributed by atoms with E-state index in [2.05, 4.69) is 26.4 Å². The van der Waals surface area contributed by atoms with Gasteiger partial charge in [-0.3, -0.25) is 0 Å². The van der Waals surface area contributed by atoms with Crippen LogP contribution in [0.15, 0.2) is 27.8 Å². The normalized spacial score (nSPS) is 12.5. The van der Waals surface area contributed by atoms with E-state index in [1.54, 1.807) is 6.07 Å². The van der Waals surface area contributed by atoms with Crippen molar-refractivity contribution >= 4 is 27.5 Å². The van der Waals surface area contributed by atoms with Crippen molar-refractivity contribution in [3.05, 3.63) is 28.5 Å². The second-order valence-corrected chi connectivity index (χ2v) is 6.24. The topological polar surface area (TPSA) is 70.6 Å². The molecule has 1 rings (SSSR count). The molecule has 0 radical (unpaired) electrons. The van der Waals surface area contributed by atoms with E-state index in [9.17, 15) is 4.39 Å². The van der Waals surface area contributed by atoms with E-state index in [1.165, 1.54) is 6.07 Å². The van der Waals surface area contributed by atoms with Gasteiger partial charge in [-0.2, -0.15) is 0 Å². The van der Waals surface area contributed by atoms with Gasteiger partial charge in [0.05, 0.1) is 4.47 Å². The van der Waals surface area contributed by atoms with Crippen molar-refractivity contribution in [2.45, 2.75) is 33.1 Å². The zero-order valence-corrected chi connectivity index (χ0v) is 13.4. The van der Waals surface area contributed by atoms with Crippen molar-refractivity contribution in [2.24, 2.45) is 16.3 Å². The number of oxime groups is 1. The molecular formula is C14H21BrFN3O. The number of nitrogens with one attached hydrogen (secondary N) is 1. The number of halogens is 2. The Morgan fingerprint density at radius 2 is 2.15 bits per heavy atom. The third-order valence-corrected chi connectivity index (χ3v) is 3.92. The third kappa shape index (κ3) is 5.00. The molecule has 0 aromatic heterocycles. The van der Waals surface area contributed by atoms with Crippen molar-refractivity contribution in [1.29, 1.82) is 0 Å². The summed E-state index contributed by atoms with van der Waals surface area (Å²) >= 11 is 3.12. The maximum absolute atomic E-state index is 13.3. The molecule has 0 spiro atoms. The maximum Gasteiger partial charge on any atom is 0.144 e. The number of rotatable bonds is 7. The van der Waals surface area contributed by atoms with Crippen LogP contribution in [0.1, 0.15) is 33.1 Å². The molecule has 0 fully saturated rings. The largest absolute Gasteiger partial charge is 0.409 e. The summed E-state index contributed by atoms with van der Waals surface area (Å²) in [5, 5.41) is 14.9. The molecule has 4 N–H and O–H groups in total. The van der Waals surface area contributed by atoms with E-state index in [-0.39, 0.29) is 17.1 Å². The van der Waals surface area contributed by atoms with E-state index in [0.29, 0.717) is 4.47 Å². The number of hydrogen-bond acceptors (Lipinski definition) is 3. The zero-order valence-electron chi connectivity index (χ0n) is 11.8. The minimum Gasteiger partial charge on any atom is -0.409 e. The van der Waals surface area contributed by atoms with Gasteiger partial charge in [-0.1, -0.05) is 25.4 Å². The summed E-state index contributed by atoms with van der Waals surface area (Å²) in [4.78, 5) is 0. The molecule has 6 heteroatoms. The minimum absolute atomic E-state index is 0.250. The Hall–Kier alpha value is -1.30. The lowest BCUT2D eigenvalue weighted by Gasteiger charge is -2.22. The fraction of sp³-hybridized carbons (Fsp3) is 0.500. The van der Waals surface area contributed by atoms with E-state index < -0.39 is 0 Å². The Morgan fingerprint density at radius 3 is 2.75 bits per heavy atom. The van der Waals surface area contributed by atoms with Crippen LogP contribution in [0.3, 0.4) is 0 Å². The Balaban J connectivity index is 2.30. The Bertz CT molecular complexity index is 477. The predicted molar refractivity (Wildman–Crippen MR) is 83.6 cm³/mol. The molecule has 0 saturated heterocycles. The first-order chi connectivity index (χ1) is 9.36. The second kappa shape index (κ2) is 7.47. The molecule has 0 bridgehead atoms. The first-order valence-corrected chi connectivity index (χ1v) is 7.33. The van der Waals surface area contributed by atoms with Crippen LogP contribution in [-0.2, 0) is 0 Å². The van der Waals surface area contributed by atoms with Gasteiger partial charge >= 0.3 is 0 Å². The lowest BCUT2D eigenvalue weighted by molar-refractivity contribution is 0.304. The molecule has 0 atom stereocenters. The molecule has 0 unspecified atom stereocenters. The summed E-state index contributed by atoms with van der Waals surface area (Å²) in [6.07, 6.45) is 2.70. The molecule has 4 nitrogen and oxygen atoms in total. The molecule has 0 aliphatic heterocycles. The molecule has 112 valence electrons. The van der Waals surface area contributed by atoms with Gasteiger partial charge < -0.3 is 16.3 Å². The average Bonchev–Trinajstić information content (AvgIpc) is 2.41. The predicted octanol–water partition coefficient (Wildman–Crippen LogP) is 3.94. The van der Waals surface area contributed by atoms with Crippen molar-refractivity contribution in [1.82, 2.24) is 0 Å². The maximum atomic E-state index is 13.3. The number of amidine groups is 1. The van der Waals surface area contributed by atoms with Crippen molar-refractivity contribution < 1.29 is 9.60 Å². The number of nitrogens with two attached hydrogens (primary N) is 1. The molecule has 1 aromatic rings. The van der Waals surface area contributed by atoms with E-state index >= 15 is 0 Å². The molecule has 1 aromatic carbocycles. The molecular weight excluding hydrogens is 325 g/mol. The van der Waals surface area contributed by atoms with Crippen molar-refractivity contribution in [3.8, 4) is 0 Å². The molecule has 0 aliphatic rings. The molecule has 0 heterocycles. The average molecular weight is 346 g/mol. The highest BCUT2D eigenvalue weighted by atomic mass is 79.9. The second-order valence-electron chi connectivity index (χ2n) is 5.38. The van der Waals surface area contributed by atoms with Gasteiger partial charge in [-0.05, 0) is 47.0 Å². The summed E-state index contributed by atoms with van der Waals surface area (Å²) in [5.41, 5.74) is 6.08. The highest BCUT2D eigenvalue weighted by Gasteiger charge is 2.22. The van der Waals surface area contributed by atoms with Crippen LogP contribution in [0.2, 0.25) is 0 Å². The Kier molecular flexibility index (Phi) is 6.26. The van der Waals surface area contributed by atoms with Gasteiger partial charge in [0.1, 0.15) is 11.7 Å². The van der Waals surface area contributed by atoms with Gasteiger partial charge in [-0.25, -0.2) is 4.39 Å². The molecule has 20 heavy (non-hydrogen) atoms. The van der Waals surface area contributed by atoms with Crippen LogP contribution in [0.5, 0.6) is 0 Å². The van der Waals surface area contributed by atoms with Crippen LogP contribution >= 0.6 is 15.9 Å². The minimum atomic E-state index is -0.307. The first kappa shape index (κ1) is 16.8. The number of benzene rings is 1. The Morgan fingerprint density at radius 1 is 1.45 bits per heavy atom. The van der Waals surface area contributed by atoms with Gasteiger partial charge in [0.2, 0.25) is 0 Å². The van der Waals surface area contributed by atoms with Crippen molar-refractivity contribution in [3.63, 3.8) is 0 Å². The number of nitrogens with zero attached hydrogens (tertiary/aromatic N) is 1. The molecule has 0 aliphatic carbocycles. The van der Waals surface area contributed by atoms with Gasteiger partial charge in [0, 0.05) is 17.6 Å². The van der Waals surface area contributed by atoms with Crippen molar-refractivity contribution in [2.75, 3.05) is 11.9 Å². The molecule has 0 saturated carbocycles. The summed E-state index contributed by atoms with van der Waals surface area (Å²) < 4.78 is 13.8. The van der Waals surface area contributed by atoms with Gasteiger partial charge in [0.15, 0.2) is 0 Å². The smallest absolute Gasteiger partial charge is 0.144 e. The van der Waals surface area contributed by atoms with Crippen LogP contribution in [0, 0.1) is 11.2 Å². The van der Waals surface area contributed by atoms with Gasteiger partial charge in [-0.15, -0.1) is 0 Å². The summed E-state index contributed by atoms with van der Waals surface area (Å²) in [6.45, 7) is 4.65. The summed E-state index contributed by atoms with van der Waals surface area (Å²) in [6, 6.07) is 4.97. The number of unbranched alkanes of at least 4 members (excludes halogenated alkanes) is 1. The lowest BCUT2D eigenvalue weighted by Crippen LogP contribution is -2.31. The van der Waals surface area contributed by atoms with E-state index in [1.807, 2.05) is 19.9 Å². The van der Waals surface area contributed by atoms with Crippen LogP contribution in [0.4, 0.5) is 10.1 Å². The van der Waals surface area contributed by atoms with E-state index in [0.717, 1.165) is 31.5 Å². The number of anilines is 1. The highest BCUT2D eigenvalue weighted by Crippen LogP contribution is 2.23. The standard InChI is InChI=1S/C14H21BrFN3O/c1-14(2,13(17)19-20)7-3-4-8-18-10-5-6-11(15)12(16)9-10/h5-6,9,18,20H,3-4,7-8H2,1-2H3,(H2,17,19). The third-order valence-electron chi connectivity index (χ3n) is 3.28. The fourth-order valence-corrected chi connectivity index (χ4v) is 2.04. The number of hydrogen-bond donors (Lipinski definition) is 3. The van der Waals surface area contributed by atoms with Crippen LogP contribution < -0.4 is 11.1 Å². The monoisotopic (exact) mass is 345 g/mol. The molecule has 0 amide bonds. The summed E-state index contributed by atoms with van der Waals surface area (Å²) in [7, 11) is 0. The lowest BCUT2D eigenvalue weighted by atomic mass is 9.86. The van der Waals surface area contributed by atoms with Crippen LogP contribution in [0.25, 0.3) is 0 Å². The van der Waals surface area contributed by atoms with E-state index in [4.69, 9.17) is 10.9 Å². The van der Waals surface area contributed by atoms with Gasteiger partial charge in [0.25, 0.3) is 0 Å².